The number of benzene rings is 2. The first-order valence-corrected chi connectivity index (χ1v) is 9.08. The van der Waals surface area contributed by atoms with Crippen molar-refractivity contribution in [3.8, 4) is 0 Å². The fourth-order valence-electron chi connectivity index (χ4n) is 2.54. The van der Waals surface area contributed by atoms with Crippen LogP contribution in [0.2, 0.25) is 0 Å². The number of para-hydroxylation sites is 2. The van der Waals surface area contributed by atoms with E-state index in [0.29, 0.717) is 22.3 Å². The molecule has 8 heteroatoms. The molecule has 0 radical (unpaired) electrons. The second-order valence-corrected chi connectivity index (χ2v) is 7.22. The molecule has 5 nitrogen and oxygen atoms in total. The number of rotatable bonds is 6. The quantitative estimate of drug-likeness (QED) is 0.488. The molecule has 140 valence electrons. The predicted molar refractivity (Wildman–Crippen MR) is 101 cm³/mol. The molecule has 3 rings (SSSR count). The first kappa shape index (κ1) is 19.0. The molecule has 1 amide bonds. The lowest BCUT2D eigenvalue weighted by atomic mass is 10.1. The van der Waals surface area contributed by atoms with Gasteiger partial charge in [-0.15, -0.1) is 0 Å². The largest absolute Gasteiger partial charge is 0.325 e. The van der Waals surface area contributed by atoms with E-state index in [0.717, 1.165) is 16.3 Å². The Morgan fingerprint density at radius 3 is 2.41 bits per heavy atom. The molecule has 1 N–H and O–H groups in total. The van der Waals surface area contributed by atoms with Crippen LogP contribution in [0.1, 0.15) is 30.8 Å². The average molecular weight is 389 g/mol. The number of alkyl halides is 2. The van der Waals surface area contributed by atoms with Crippen molar-refractivity contribution in [3.05, 3.63) is 54.1 Å². The summed E-state index contributed by atoms with van der Waals surface area (Å²) in [7, 11) is 0. The minimum absolute atomic E-state index is 0.0669. The van der Waals surface area contributed by atoms with Crippen molar-refractivity contribution >= 4 is 40.2 Å². The number of fused-ring (bicyclic) bond motifs is 1. The van der Waals surface area contributed by atoms with Crippen LogP contribution in [-0.4, -0.2) is 26.5 Å². The molecule has 0 aliphatic carbocycles. The number of Topliss-reactive ketones (excluding diaryl/α,β-unsaturated/α-hetero) is 1. The topological polar surface area (TPSA) is 64.0 Å². The number of amides is 1. The number of carbonyl (C=O) groups excluding carboxylic acids is 2. The summed E-state index contributed by atoms with van der Waals surface area (Å²) in [5.41, 5.74) is 1.84. The Labute approximate surface area is 158 Å². The summed E-state index contributed by atoms with van der Waals surface area (Å²) in [4.78, 5) is 27.9. The van der Waals surface area contributed by atoms with E-state index in [9.17, 15) is 18.4 Å². The van der Waals surface area contributed by atoms with Gasteiger partial charge < -0.3 is 5.32 Å². The summed E-state index contributed by atoms with van der Waals surface area (Å²) in [6, 6.07) is 13.1. The second kappa shape index (κ2) is 7.87. The van der Waals surface area contributed by atoms with Gasteiger partial charge in [0.1, 0.15) is 0 Å². The van der Waals surface area contributed by atoms with E-state index in [1.807, 2.05) is 0 Å². The molecule has 27 heavy (non-hydrogen) atoms. The first-order chi connectivity index (χ1) is 12.9. The summed E-state index contributed by atoms with van der Waals surface area (Å²) in [5, 5.41) is 2.15. The number of thioether (sulfide) groups is 1. The van der Waals surface area contributed by atoms with Crippen molar-refractivity contribution in [3.63, 3.8) is 0 Å². The van der Waals surface area contributed by atoms with Gasteiger partial charge in [0.15, 0.2) is 10.9 Å². The molecule has 0 saturated carbocycles. The van der Waals surface area contributed by atoms with E-state index in [2.05, 4.69) is 10.3 Å². The van der Waals surface area contributed by atoms with Crippen LogP contribution >= 0.6 is 11.8 Å². The maximum Gasteiger partial charge on any atom is 0.321 e. The van der Waals surface area contributed by atoms with E-state index in [1.165, 1.54) is 6.92 Å². The van der Waals surface area contributed by atoms with E-state index in [4.69, 9.17) is 0 Å². The zero-order valence-corrected chi connectivity index (χ0v) is 15.5. The van der Waals surface area contributed by atoms with E-state index in [1.54, 1.807) is 55.5 Å². The first-order valence-electron chi connectivity index (χ1n) is 8.20. The molecule has 0 saturated heterocycles. The van der Waals surface area contributed by atoms with Gasteiger partial charge in [-0.05, 0) is 50.2 Å². The number of anilines is 1. The number of carbonyl (C=O) groups is 2. The fourth-order valence-corrected chi connectivity index (χ4v) is 3.46. The Hall–Kier alpha value is -2.74. The second-order valence-electron chi connectivity index (χ2n) is 5.91. The summed E-state index contributed by atoms with van der Waals surface area (Å²) in [6.07, 6.45) is 0. The zero-order valence-electron chi connectivity index (χ0n) is 14.6. The molecular formula is C19H17F2N3O2S. The lowest BCUT2D eigenvalue weighted by Crippen LogP contribution is -2.23. The van der Waals surface area contributed by atoms with Gasteiger partial charge in [-0.3, -0.25) is 14.2 Å². The van der Waals surface area contributed by atoms with Crippen LogP contribution in [0.5, 0.6) is 0 Å². The Balaban J connectivity index is 1.75. The van der Waals surface area contributed by atoms with Crippen LogP contribution in [0.15, 0.2) is 53.7 Å². The van der Waals surface area contributed by atoms with Gasteiger partial charge >= 0.3 is 6.55 Å². The molecule has 3 aromatic rings. The SMILES string of the molecule is CC(=O)c1ccc(NC(=O)C(C)Sc2nc3ccccc3n2C(F)F)cc1. The maximum atomic E-state index is 13.5. The summed E-state index contributed by atoms with van der Waals surface area (Å²) < 4.78 is 27.8. The van der Waals surface area contributed by atoms with Crippen LogP contribution in [0.4, 0.5) is 14.5 Å². The van der Waals surface area contributed by atoms with Gasteiger partial charge in [0.2, 0.25) is 5.91 Å². The third-order valence-electron chi connectivity index (χ3n) is 3.97. The van der Waals surface area contributed by atoms with Crippen molar-refractivity contribution in [2.75, 3.05) is 5.32 Å². The normalized spacial score (nSPS) is 12.3. The number of aromatic nitrogens is 2. The Bertz CT molecular complexity index is 986. The number of ketones is 1. The lowest BCUT2D eigenvalue weighted by Gasteiger charge is -2.13. The summed E-state index contributed by atoms with van der Waals surface area (Å²) >= 11 is 0.965. The van der Waals surface area contributed by atoms with Crippen LogP contribution in [0.25, 0.3) is 11.0 Å². The fraction of sp³-hybridized carbons (Fsp3) is 0.211. The molecule has 1 unspecified atom stereocenters. The molecule has 0 spiro atoms. The zero-order chi connectivity index (χ0) is 19.6. The lowest BCUT2D eigenvalue weighted by molar-refractivity contribution is -0.115. The average Bonchev–Trinajstić information content (AvgIpc) is 3.00. The molecule has 0 aliphatic heterocycles. The standard InChI is InChI=1S/C19H17F2N3O2S/c1-11(25)13-7-9-14(10-8-13)22-17(26)12(2)27-19-23-15-5-3-4-6-16(15)24(19)18(20)21/h3-10,12,18H,1-2H3,(H,22,26). The van der Waals surface area contributed by atoms with Gasteiger partial charge in [0, 0.05) is 11.3 Å². The van der Waals surface area contributed by atoms with Gasteiger partial charge in [-0.1, -0.05) is 23.9 Å². The molecule has 1 heterocycles. The smallest absolute Gasteiger partial charge is 0.321 e. The molecule has 0 bridgehead atoms. The van der Waals surface area contributed by atoms with Crippen LogP contribution in [0.3, 0.4) is 0 Å². The molecule has 2 aromatic carbocycles. The van der Waals surface area contributed by atoms with E-state index in [-0.39, 0.29) is 16.8 Å². The Kier molecular flexibility index (Phi) is 5.55. The van der Waals surface area contributed by atoms with Crippen LogP contribution in [0, 0.1) is 0 Å². The Morgan fingerprint density at radius 2 is 1.78 bits per heavy atom. The van der Waals surface area contributed by atoms with E-state index < -0.39 is 11.8 Å². The predicted octanol–water partition coefficient (Wildman–Crippen LogP) is 4.75. The van der Waals surface area contributed by atoms with Crippen molar-refractivity contribution in [1.82, 2.24) is 9.55 Å². The monoisotopic (exact) mass is 389 g/mol. The third-order valence-corrected chi connectivity index (χ3v) is 5.04. The van der Waals surface area contributed by atoms with Crippen LogP contribution < -0.4 is 5.32 Å². The minimum Gasteiger partial charge on any atom is -0.325 e. The highest BCUT2D eigenvalue weighted by atomic mass is 32.2. The highest BCUT2D eigenvalue weighted by Crippen LogP contribution is 2.31. The number of nitrogens with one attached hydrogen (secondary N) is 1. The van der Waals surface area contributed by atoms with Crippen molar-refractivity contribution in [2.45, 2.75) is 30.8 Å². The molecular weight excluding hydrogens is 372 g/mol. The molecule has 0 fully saturated rings. The number of nitrogens with zero attached hydrogens (tertiary/aromatic N) is 2. The molecule has 1 aromatic heterocycles. The van der Waals surface area contributed by atoms with Crippen molar-refractivity contribution < 1.29 is 18.4 Å². The van der Waals surface area contributed by atoms with Gasteiger partial charge in [0.25, 0.3) is 0 Å². The maximum absolute atomic E-state index is 13.5. The van der Waals surface area contributed by atoms with Gasteiger partial charge in [-0.25, -0.2) is 4.98 Å². The van der Waals surface area contributed by atoms with Gasteiger partial charge in [-0.2, -0.15) is 8.78 Å². The van der Waals surface area contributed by atoms with Crippen molar-refractivity contribution in [1.29, 1.82) is 0 Å². The minimum atomic E-state index is -2.76. The molecule has 1 atom stereocenters. The number of halogens is 2. The summed E-state index contributed by atoms with van der Waals surface area (Å²) in [6.45, 7) is 0.329. The highest BCUT2D eigenvalue weighted by Gasteiger charge is 2.23. The summed E-state index contributed by atoms with van der Waals surface area (Å²) in [5.74, 6) is -0.411. The number of hydrogen-bond donors (Lipinski definition) is 1. The molecule has 0 aliphatic rings. The van der Waals surface area contributed by atoms with Crippen molar-refractivity contribution in [2.24, 2.45) is 0 Å². The Morgan fingerprint density at radius 1 is 1.11 bits per heavy atom. The van der Waals surface area contributed by atoms with Crippen LogP contribution in [-0.2, 0) is 4.79 Å². The third kappa shape index (κ3) is 4.16. The number of hydrogen-bond acceptors (Lipinski definition) is 4. The number of imidazole rings is 1. The van der Waals surface area contributed by atoms with Gasteiger partial charge in [0.05, 0.1) is 16.3 Å². The highest BCUT2D eigenvalue weighted by molar-refractivity contribution is 8.00. The van der Waals surface area contributed by atoms with E-state index >= 15 is 0 Å².